The summed E-state index contributed by atoms with van der Waals surface area (Å²) >= 11 is 0. The van der Waals surface area contributed by atoms with Crippen LogP contribution in [-0.4, -0.2) is 81.0 Å². The van der Waals surface area contributed by atoms with Crippen LogP contribution >= 0.6 is 0 Å². The fourth-order valence-corrected chi connectivity index (χ4v) is 9.65. The summed E-state index contributed by atoms with van der Waals surface area (Å²) in [7, 11) is 0. The first-order chi connectivity index (χ1) is 28.0. The average molecular weight is 810 g/mol. The summed E-state index contributed by atoms with van der Waals surface area (Å²) in [6, 6.07) is 23.0. The molecule has 8 N–H and O–H groups in total. The van der Waals surface area contributed by atoms with Crippen molar-refractivity contribution in [2.24, 2.45) is 23.3 Å². The molecule has 6 rings (SSSR count). The third kappa shape index (κ3) is 7.77. The van der Waals surface area contributed by atoms with Gasteiger partial charge in [0.25, 0.3) is 0 Å². The molecule has 0 saturated carbocycles. The average Bonchev–Trinajstić information content (AvgIpc) is 3.97. The lowest BCUT2D eigenvalue weighted by Gasteiger charge is -2.39. The number of hydrogen-bond acceptors (Lipinski definition) is 7. The van der Waals surface area contributed by atoms with E-state index in [1.807, 2.05) is 66.7 Å². The Hall–Kier alpha value is -6.12. The van der Waals surface area contributed by atoms with Crippen molar-refractivity contribution >= 4 is 41.5 Å². The van der Waals surface area contributed by atoms with Crippen LogP contribution in [0.4, 0.5) is 15.3 Å². The van der Waals surface area contributed by atoms with Crippen LogP contribution < -0.4 is 27.0 Å². The van der Waals surface area contributed by atoms with Gasteiger partial charge in [0.1, 0.15) is 23.2 Å². The second-order valence-electron chi connectivity index (χ2n) is 16.6. The normalized spacial score (nSPS) is 23.9. The maximum Gasteiger partial charge on any atom is 0.405 e. The van der Waals surface area contributed by atoms with E-state index in [2.05, 4.69) is 27.7 Å². The number of carboxylic acid groups (broad SMARTS) is 2. The number of nitrogens with one attached hydrogen (secondary N) is 2. The van der Waals surface area contributed by atoms with Crippen molar-refractivity contribution in [3.05, 3.63) is 101 Å². The zero-order chi connectivity index (χ0) is 42.8. The third-order valence-corrected chi connectivity index (χ3v) is 12.5. The molecule has 3 fully saturated rings. The number of anilines is 1. The summed E-state index contributed by atoms with van der Waals surface area (Å²) in [5, 5.41) is 23.6. The van der Waals surface area contributed by atoms with Gasteiger partial charge in [0.2, 0.25) is 23.6 Å². The minimum atomic E-state index is -1.44. The lowest BCUT2D eigenvalue weighted by molar-refractivity contribution is -0.146. The number of amides is 6. The summed E-state index contributed by atoms with van der Waals surface area (Å²) in [6.45, 7) is 7.49. The van der Waals surface area contributed by atoms with E-state index in [1.165, 1.54) is 9.80 Å². The number of rotatable bonds is 13. The second-order valence-corrected chi connectivity index (χ2v) is 16.6. The van der Waals surface area contributed by atoms with Crippen molar-refractivity contribution in [1.82, 2.24) is 20.4 Å². The minimum absolute atomic E-state index is 0.0818. The molecular formula is C44H55N7O8. The number of para-hydroxylation sites is 1. The third-order valence-electron chi connectivity index (χ3n) is 12.5. The molecule has 0 aromatic heterocycles. The van der Waals surface area contributed by atoms with Crippen LogP contribution in [0.2, 0.25) is 0 Å². The van der Waals surface area contributed by atoms with Gasteiger partial charge >= 0.3 is 12.2 Å². The molecule has 314 valence electrons. The Morgan fingerprint density at radius 2 is 0.983 bits per heavy atom. The lowest BCUT2D eigenvalue weighted by atomic mass is 9.84. The number of nitrogens with zero attached hydrogens (tertiary/aromatic N) is 3. The molecule has 59 heavy (non-hydrogen) atoms. The monoisotopic (exact) mass is 809 g/mol. The highest BCUT2D eigenvalue weighted by molar-refractivity contribution is 5.96. The summed E-state index contributed by atoms with van der Waals surface area (Å²) in [5.41, 5.74) is 13.4. The Balaban J connectivity index is 1.31. The van der Waals surface area contributed by atoms with E-state index >= 15 is 0 Å². The predicted octanol–water partition coefficient (Wildman–Crippen LogP) is 4.96. The zero-order valence-electron chi connectivity index (χ0n) is 34.0. The molecule has 3 heterocycles. The largest absolute Gasteiger partial charge is 0.465 e. The summed E-state index contributed by atoms with van der Waals surface area (Å²) in [4.78, 5) is 82.8. The fourth-order valence-electron chi connectivity index (χ4n) is 9.65. The molecule has 0 unspecified atom stereocenters. The van der Waals surface area contributed by atoms with Gasteiger partial charge in [-0.1, -0.05) is 94.4 Å². The molecule has 15 heteroatoms. The standard InChI is InChI=1S/C44H55N7O8/c1-26(2)35(47-41(56)57)37(52)49-24-8-22-43(49,39(45)54)30-16-12-28(13-17-30)33-20-21-34(51(33)32-10-6-5-7-11-32)29-14-18-31(19-15-29)44(40(46)55)23-9-25-50(44)38(53)36(27(3)4)48-42(58)59/h5-7,10-19,26-27,33-36,47-48H,8-9,20-25H2,1-4H3,(H2,45,54)(H2,46,55)(H,56,57)(H,58,59)/t33-,34-,35-,36-,43-,44-/m0/s1. The Kier molecular flexibility index (Phi) is 12.2. The van der Waals surface area contributed by atoms with Crippen LogP contribution in [-0.2, 0) is 30.3 Å². The van der Waals surface area contributed by atoms with Crippen LogP contribution in [0.15, 0.2) is 78.9 Å². The molecule has 6 amide bonds. The Labute approximate surface area is 344 Å². The molecule has 6 atom stereocenters. The quantitative estimate of drug-likeness (QED) is 0.137. The number of nitrogens with two attached hydrogens (primary N) is 2. The highest BCUT2D eigenvalue weighted by atomic mass is 16.4. The van der Waals surface area contributed by atoms with Gasteiger partial charge in [-0.25, -0.2) is 9.59 Å². The van der Waals surface area contributed by atoms with E-state index in [0.29, 0.717) is 36.8 Å². The Morgan fingerprint density at radius 3 is 1.31 bits per heavy atom. The lowest BCUT2D eigenvalue weighted by Crippen LogP contribution is -2.59. The smallest absolute Gasteiger partial charge is 0.405 e. The van der Waals surface area contributed by atoms with Crippen LogP contribution in [0.3, 0.4) is 0 Å². The number of hydrogen-bond donors (Lipinski definition) is 6. The molecule has 3 aliphatic rings. The zero-order valence-corrected chi connectivity index (χ0v) is 34.0. The second kappa shape index (κ2) is 17.0. The van der Waals surface area contributed by atoms with E-state index in [1.54, 1.807) is 27.7 Å². The SMILES string of the molecule is CC(C)[C@H](NC(=O)O)C(=O)N1CCC[C@@]1(C(N)=O)c1ccc([C@@H]2CC[C@@H](c3ccc([C@]4(C(N)=O)CCCN4C(=O)[C@@H](NC(=O)O)C(C)C)cc3)N2c2ccccc2)cc1. The van der Waals surface area contributed by atoms with Gasteiger partial charge in [0, 0.05) is 18.8 Å². The van der Waals surface area contributed by atoms with Crippen LogP contribution in [0.1, 0.15) is 101 Å². The van der Waals surface area contributed by atoms with Crippen molar-refractivity contribution in [2.45, 2.75) is 101 Å². The van der Waals surface area contributed by atoms with Crippen LogP contribution in [0, 0.1) is 11.8 Å². The van der Waals surface area contributed by atoms with Crippen molar-refractivity contribution < 1.29 is 39.0 Å². The first kappa shape index (κ1) is 42.5. The van der Waals surface area contributed by atoms with Crippen LogP contribution in [0.25, 0.3) is 0 Å². The summed E-state index contributed by atoms with van der Waals surface area (Å²) < 4.78 is 0. The fraction of sp³-hybridized carbons (Fsp3) is 0.455. The molecule has 0 bridgehead atoms. The van der Waals surface area contributed by atoms with E-state index in [9.17, 15) is 39.0 Å². The van der Waals surface area contributed by atoms with Gasteiger partial charge in [-0.3, -0.25) is 19.2 Å². The summed E-state index contributed by atoms with van der Waals surface area (Å²) in [5.74, 6) is -3.07. The molecular weight excluding hydrogens is 755 g/mol. The van der Waals surface area contributed by atoms with E-state index in [4.69, 9.17) is 11.5 Å². The molecule has 0 aliphatic carbocycles. The van der Waals surface area contributed by atoms with Crippen molar-refractivity contribution in [3.63, 3.8) is 0 Å². The highest BCUT2D eigenvalue weighted by Crippen LogP contribution is 2.48. The van der Waals surface area contributed by atoms with E-state index in [0.717, 1.165) is 29.7 Å². The molecule has 3 aromatic carbocycles. The van der Waals surface area contributed by atoms with Crippen LogP contribution in [0.5, 0.6) is 0 Å². The molecule has 15 nitrogen and oxygen atoms in total. The highest BCUT2D eigenvalue weighted by Gasteiger charge is 2.53. The van der Waals surface area contributed by atoms with Crippen molar-refractivity contribution in [1.29, 1.82) is 0 Å². The number of carbonyl (C=O) groups excluding carboxylic acids is 4. The number of benzene rings is 3. The van der Waals surface area contributed by atoms with Gasteiger partial charge in [0.05, 0.1) is 12.1 Å². The van der Waals surface area contributed by atoms with Gasteiger partial charge < -0.3 is 47.0 Å². The predicted molar refractivity (Wildman–Crippen MR) is 220 cm³/mol. The number of likely N-dealkylation sites (tertiary alicyclic amines) is 2. The first-order valence-corrected chi connectivity index (χ1v) is 20.3. The van der Waals surface area contributed by atoms with Gasteiger partial charge in [0.15, 0.2) is 0 Å². The molecule has 3 saturated heterocycles. The molecule has 0 radical (unpaired) electrons. The van der Waals surface area contributed by atoms with Gasteiger partial charge in [-0.2, -0.15) is 0 Å². The van der Waals surface area contributed by atoms with E-state index in [-0.39, 0.29) is 37.0 Å². The van der Waals surface area contributed by atoms with Crippen molar-refractivity contribution in [2.75, 3.05) is 18.0 Å². The van der Waals surface area contributed by atoms with E-state index < -0.39 is 59.0 Å². The molecule has 3 aliphatic heterocycles. The van der Waals surface area contributed by atoms with Gasteiger partial charge in [-0.15, -0.1) is 0 Å². The summed E-state index contributed by atoms with van der Waals surface area (Å²) in [6.07, 6.45) is 0.574. The first-order valence-electron chi connectivity index (χ1n) is 20.3. The number of carbonyl (C=O) groups is 6. The topological polar surface area (TPSA) is 229 Å². The molecule has 3 aromatic rings. The Bertz CT molecular complexity index is 1930. The minimum Gasteiger partial charge on any atom is -0.465 e. The number of primary amides is 2. The maximum absolute atomic E-state index is 13.9. The maximum atomic E-state index is 13.9. The van der Waals surface area contributed by atoms with Crippen molar-refractivity contribution in [3.8, 4) is 0 Å². The molecule has 0 spiro atoms. The Morgan fingerprint density at radius 1 is 0.610 bits per heavy atom. The van der Waals surface area contributed by atoms with Gasteiger partial charge in [-0.05, 0) is 84.7 Å².